The summed E-state index contributed by atoms with van der Waals surface area (Å²) in [6.07, 6.45) is 3.80. The number of carbonyl (C=O) groups is 1. The van der Waals surface area contributed by atoms with E-state index in [9.17, 15) is 4.79 Å². The van der Waals surface area contributed by atoms with Crippen molar-refractivity contribution < 1.29 is 9.90 Å². The van der Waals surface area contributed by atoms with Crippen LogP contribution in [0.3, 0.4) is 0 Å². The Labute approximate surface area is 67.6 Å². The Bertz CT molecular complexity index is 163. The quantitative estimate of drug-likeness (QED) is 0.680. The van der Waals surface area contributed by atoms with Gasteiger partial charge in [-0.05, 0) is 24.2 Å². The summed E-state index contributed by atoms with van der Waals surface area (Å²) in [4.78, 5) is 10.5. The van der Waals surface area contributed by atoms with E-state index < -0.39 is 5.97 Å². The molecule has 2 nitrogen and oxygen atoms in total. The minimum atomic E-state index is -0.648. The number of rotatable bonds is 3. The van der Waals surface area contributed by atoms with Crippen molar-refractivity contribution in [3.8, 4) is 0 Å². The van der Waals surface area contributed by atoms with Gasteiger partial charge in [0.2, 0.25) is 0 Å². The van der Waals surface area contributed by atoms with Gasteiger partial charge in [0.15, 0.2) is 0 Å². The maximum absolute atomic E-state index is 10.5. The van der Waals surface area contributed by atoms with Gasteiger partial charge in [-0.3, -0.25) is 4.79 Å². The molecule has 0 amide bonds. The maximum Gasteiger partial charge on any atom is 0.303 e. The molecule has 64 valence electrons. The van der Waals surface area contributed by atoms with Crippen molar-refractivity contribution in [1.82, 2.24) is 0 Å². The van der Waals surface area contributed by atoms with E-state index >= 15 is 0 Å². The smallest absolute Gasteiger partial charge is 0.303 e. The summed E-state index contributed by atoms with van der Waals surface area (Å²) >= 11 is 0. The van der Waals surface area contributed by atoms with Crippen LogP contribution in [0.1, 0.15) is 39.5 Å². The predicted octanol–water partition coefficient (Wildman–Crippen LogP) is 2.29. The zero-order valence-corrected chi connectivity index (χ0v) is 7.26. The predicted molar refractivity (Wildman–Crippen MR) is 43.4 cm³/mol. The van der Waals surface area contributed by atoms with Crippen LogP contribution in [0.25, 0.3) is 0 Å². The summed E-state index contributed by atoms with van der Waals surface area (Å²) in [7, 11) is 0. The fourth-order valence-electron chi connectivity index (χ4n) is 2.12. The molecule has 0 spiro atoms. The van der Waals surface area contributed by atoms with Gasteiger partial charge in [-0.15, -0.1) is 0 Å². The van der Waals surface area contributed by atoms with Gasteiger partial charge in [-0.25, -0.2) is 0 Å². The van der Waals surface area contributed by atoms with Gasteiger partial charge in [0.05, 0.1) is 6.42 Å². The molecule has 0 saturated heterocycles. The number of aliphatic carboxylic acids is 1. The average molecular weight is 156 g/mol. The number of carboxylic acid groups (broad SMARTS) is 1. The fraction of sp³-hybridized carbons (Fsp3) is 0.889. The normalized spacial score (nSPS) is 36.4. The average Bonchev–Trinajstić information content (AvgIpc) is 1.85. The van der Waals surface area contributed by atoms with Crippen molar-refractivity contribution in [1.29, 1.82) is 0 Å². The van der Waals surface area contributed by atoms with Gasteiger partial charge < -0.3 is 5.11 Å². The van der Waals surface area contributed by atoms with E-state index in [2.05, 4.69) is 13.8 Å². The van der Waals surface area contributed by atoms with Crippen LogP contribution in [0.5, 0.6) is 0 Å². The van der Waals surface area contributed by atoms with Gasteiger partial charge in [0.25, 0.3) is 0 Å². The molecule has 1 N–H and O–H groups in total. The molecule has 0 radical (unpaired) electrons. The van der Waals surface area contributed by atoms with Crippen molar-refractivity contribution in [3.05, 3.63) is 0 Å². The zero-order valence-electron chi connectivity index (χ0n) is 7.26. The molecule has 2 atom stereocenters. The third-order valence-corrected chi connectivity index (χ3v) is 3.10. The first-order chi connectivity index (χ1) is 5.08. The highest BCUT2D eigenvalue weighted by Gasteiger charge is 2.42. The van der Waals surface area contributed by atoms with Crippen LogP contribution in [0.2, 0.25) is 0 Å². The molecule has 1 fully saturated rings. The van der Waals surface area contributed by atoms with Crippen LogP contribution in [0.15, 0.2) is 0 Å². The molecule has 1 aliphatic carbocycles. The Hall–Kier alpha value is -0.530. The SMILES string of the molecule is CC[C@@H]1CC[C@]1(C)CC(=O)O. The molecule has 0 aromatic carbocycles. The van der Waals surface area contributed by atoms with Crippen LogP contribution < -0.4 is 0 Å². The molecule has 0 aromatic rings. The van der Waals surface area contributed by atoms with E-state index in [0.717, 1.165) is 12.8 Å². The lowest BCUT2D eigenvalue weighted by atomic mass is 9.59. The Morgan fingerprint density at radius 1 is 1.73 bits per heavy atom. The monoisotopic (exact) mass is 156 g/mol. The van der Waals surface area contributed by atoms with Gasteiger partial charge in [0.1, 0.15) is 0 Å². The van der Waals surface area contributed by atoms with Gasteiger partial charge in [-0.1, -0.05) is 20.3 Å². The zero-order chi connectivity index (χ0) is 8.48. The largest absolute Gasteiger partial charge is 0.481 e. The number of carboxylic acids is 1. The van der Waals surface area contributed by atoms with Crippen LogP contribution in [0, 0.1) is 11.3 Å². The minimum absolute atomic E-state index is 0.112. The van der Waals surface area contributed by atoms with E-state index in [0.29, 0.717) is 12.3 Å². The van der Waals surface area contributed by atoms with Crippen LogP contribution >= 0.6 is 0 Å². The molecule has 2 heteroatoms. The molecule has 1 rings (SSSR count). The standard InChI is InChI=1S/C9H16O2/c1-3-7-4-5-9(7,2)6-8(10)11/h7H,3-6H2,1-2H3,(H,10,11)/t7-,9-/m1/s1. The summed E-state index contributed by atoms with van der Waals surface area (Å²) < 4.78 is 0. The molecule has 0 unspecified atom stereocenters. The minimum Gasteiger partial charge on any atom is -0.481 e. The van der Waals surface area contributed by atoms with Crippen LogP contribution in [0.4, 0.5) is 0 Å². The third-order valence-electron chi connectivity index (χ3n) is 3.10. The van der Waals surface area contributed by atoms with E-state index in [1.54, 1.807) is 0 Å². The van der Waals surface area contributed by atoms with Crippen LogP contribution in [-0.4, -0.2) is 11.1 Å². The second kappa shape index (κ2) is 2.84. The van der Waals surface area contributed by atoms with E-state index in [1.807, 2.05) is 0 Å². The lowest BCUT2D eigenvalue weighted by Gasteiger charge is -2.46. The molecule has 0 bridgehead atoms. The Balaban J connectivity index is 2.47. The third kappa shape index (κ3) is 1.55. The maximum atomic E-state index is 10.5. The molecular formula is C9H16O2. The highest BCUT2D eigenvalue weighted by atomic mass is 16.4. The number of hydrogen-bond donors (Lipinski definition) is 1. The Kier molecular flexibility index (Phi) is 2.21. The lowest BCUT2D eigenvalue weighted by molar-refractivity contribution is -0.143. The van der Waals surface area contributed by atoms with Crippen molar-refractivity contribution in [2.45, 2.75) is 39.5 Å². The highest BCUT2D eigenvalue weighted by Crippen LogP contribution is 2.50. The molecule has 1 aliphatic rings. The van der Waals surface area contributed by atoms with Gasteiger partial charge in [-0.2, -0.15) is 0 Å². The summed E-state index contributed by atoms with van der Waals surface area (Å²) in [6.45, 7) is 4.24. The summed E-state index contributed by atoms with van der Waals surface area (Å²) in [5.74, 6) is 0.00394. The van der Waals surface area contributed by atoms with E-state index in [4.69, 9.17) is 5.11 Å². The topological polar surface area (TPSA) is 37.3 Å². The summed E-state index contributed by atoms with van der Waals surface area (Å²) in [5, 5.41) is 8.63. The summed E-state index contributed by atoms with van der Waals surface area (Å²) in [6, 6.07) is 0. The molecule has 11 heavy (non-hydrogen) atoms. The van der Waals surface area contributed by atoms with E-state index in [-0.39, 0.29) is 5.41 Å². The van der Waals surface area contributed by atoms with E-state index in [1.165, 1.54) is 6.42 Å². The first-order valence-electron chi connectivity index (χ1n) is 4.30. The molecule has 1 saturated carbocycles. The number of hydrogen-bond acceptors (Lipinski definition) is 1. The second-order valence-corrected chi connectivity index (χ2v) is 3.87. The highest BCUT2D eigenvalue weighted by molar-refractivity contribution is 5.67. The Morgan fingerprint density at radius 3 is 2.64 bits per heavy atom. The lowest BCUT2D eigenvalue weighted by Crippen LogP contribution is -2.38. The van der Waals surface area contributed by atoms with Crippen molar-refractivity contribution in [2.75, 3.05) is 0 Å². The van der Waals surface area contributed by atoms with Gasteiger partial charge in [0, 0.05) is 0 Å². The first-order valence-corrected chi connectivity index (χ1v) is 4.30. The second-order valence-electron chi connectivity index (χ2n) is 3.87. The van der Waals surface area contributed by atoms with Crippen molar-refractivity contribution in [3.63, 3.8) is 0 Å². The molecule has 0 aliphatic heterocycles. The van der Waals surface area contributed by atoms with Gasteiger partial charge >= 0.3 is 5.97 Å². The van der Waals surface area contributed by atoms with Crippen molar-refractivity contribution >= 4 is 5.97 Å². The first kappa shape index (κ1) is 8.57. The van der Waals surface area contributed by atoms with Crippen LogP contribution in [-0.2, 0) is 4.79 Å². The molecule has 0 heterocycles. The molecular weight excluding hydrogens is 140 g/mol. The summed E-state index contributed by atoms with van der Waals surface area (Å²) in [5.41, 5.74) is 0.112. The Morgan fingerprint density at radius 2 is 2.36 bits per heavy atom. The molecule has 0 aromatic heterocycles. The van der Waals surface area contributed by atoms with Crippen molar-refractivity contribution in [2.24, 2.45) is 11.3 Å². The fourth-order valence-corrected chi connectivity index (χ4v) is 2.12.